The number of likely N-dealkylation sites (tertiary alicyclic amines) is 1. The predicted octanol–water partition coefficient (Wildman–Crippen LogP) is 4.65. The predicted molar refractivity (Wildman–Crippen MR) is 133 cm³/mol. The average Bonchev–Trinajstić information content (AvgIpc) is 3.39. The Bertz CT molecular complexity index is 1090. The van der Waals surface area contributed by atoms with Gasteiger partial charge in [0.05, 0.1) is 11.0 Å². The molecule has 186 valence electrons. The van der Waals surface area contributed by atoms with Gasteiger partial charge in [0, 0.05) is 25.4 Å². The van der Waals surface area contributed by atoms with Crippen LogP contribution >= 0.6 is 0 Å². The number of amides is 2. The van der Waals surface area contributed by atoms with Gasteiger partial charge in [-0.3, -0.25) is 9.59 Å². The number of carboxylic acids is 1. The monoisotopic (exact) mass is 478 g/mol. The molecule has 2 aromatic rings. The number of ether oxygens (including phenoxy) is 1. The molecule has 1 heterocycles. The van der Waals surface area contributed by atoms with Crippen LogP contribution in [0.5, 0.6) is 0 Å². The minimum Gasteiger partial charge on any atom is -0.481 e. The fourth-order valence-corrected chi connectivity index (χ4v) is 5.14. The summed E-state index contributed by atoms with van der Waals surface area (Å²) >= 11 is 0. The molecule has 35 heavy (non-hydrogen) atoms. The highest BCUT2D eigenvalue weighted by atomic mass is 16.5. The van der Waals surface area contributed by atoms with Crippen molar-refractivity contribution in [1.82, 2.24) is 10.2 Å². The van der Waals surface area contributed by atoms with Gasteiger partial charge in [0.25, 0.3) is 0 Å². The van der Waals surface area contributed by atoms with E-state index in [-0.39, 0.29) is 30.8 Å². The van der Waals surface area contributed by atoms with E-state index < -0.39 is 23.0 Å². The van der Waals surface area contributed by atoms with Crippen molar-refractivity contribution in [2.24, 2.45) is 11.3 Å². The molecule has 7 nitrogen and oxygen atoms in total. The molecule has 2 aliphatic rings. The number of carbonyl (C=O) groups is 3. The normalized spacial score (nSPS) is 17.6. The van der Waals surface area contributed by atoms with Crippen molar-refractivity contribution in [1.29, 1.82) is 0 Å². The van der Waals surface area contributed by atoms with Crippen molar-refractivity contribution in [2.75, 3.05) is 19.7 Å². The first-order valence-electron chi connectivity index (χ1n) is 12.2. The number of benzene rings is 2. The molecule has 1 saturated heterocycles. The molecule has 0 radical (unpaired) electrons. The fraction of sp³-hybridized carbons (Fsp3) is 0.464. The highest BCUT2D eigenvalue weighted by Crippen LogP contribution is 2.44. The standard InChI is InChI=1S/C28H34N2O5/c1-27(2,25(33)30-14-13-18(16-30)15-24(31)32)28(3,4)29-26(34)35-17-23-21-11-7-5-9-19(21)20-10-6-8-12-22(20)23/h5-12,18,23H,13-17H2,1-4H3,(H,29,34)(H,31,32). The molecule has 2 aromatic carbocycles. The molecular weight excluding hydrogens is 444 g/mol. The Kier molecular flexibility index (Phi) is 6.62. The van der Waals surface area contributed by atoms with Gasteiger partial charge >= 0.3 is 12.1 Å². The zero-order valence-electron chi connectivity index (χ0n) is 20.8. The third kappa shape index (κ3) is 4.77. The van der Waals surface area contributed by atoms with Crippen molar-refractivity contribution in [2.45, 2.75) is 52.0 Å². The number of alkyl carbamates (subject to hydrolysis) is 1. The molecule has 0 saturated carbocycles. The van der Waals surface area contributed by atoms with E-state index in [1.165, 1.54) is 0 Å². The van der Waals surface area contributed by atoms with Crippen LogP contribution in [0.4, 0.5) is 4.79 Å². The maximum Gasteiger partial charge on any atom is 0.407 e. The molecule has 0 bridgehead atoms. The second-order valence-corrected chi connectivity index (χ2v) is 10.7. The van der Waals surface area contributed by atoms with E-state index in [1.54, 1.807) is 4.90 Å². The summed E-state index contributed by atoms with van der Waals surface area (Å²) in [6.07, 6.45) is 0.169. The highest BCUT2D eigenvalue weighted by Gasteiger charge is 2.47. The molecular formula is C28H34N2O5. The highest BCUT2D eigenvalue weighted by molar-refractivity contribution is 5.85. The molecule has 0 aromatic heterocycles. The van der Waals surface area contributed by atoms with Crippen LogP contribution in [0.25, 0.3) is 11.1 Å². The van der Waals surface area contributed by atoms with Crippen LogP contribution in [-0.2, 0) is 14.3 Å². The number of hydrogen-bond donors (Lipinski definition) is 2. The van der Waals surface area contributed by atoms with Crippen LogP contribution in [0.2, 0.25) is 0 Å². The van der Waals surface area contributed by atoms with Gasteiger partial charge in [-0.25, -0.2) is 4.79 Å². The van der Waals surface area contributed by atoms with Crippen molar-refractivity contribution < 1.29 is 24.2 Å². The SMILES string of the molecule is CC(C)(NC(=O)OCC1c2ccccc2-c2ccccc21)C(C)(C)C(=O)N1CCC(CC(=O)O)C1. The first kappa shape index (κ1) is 24.8. The summed E-state index contributed by atoms with van der Waals surface area (Å²) in [4.78, 5) is 39.0. The van der Waals surface area contributed by atoms with E-state index in [0.717, 1.165) is 22.3 Å². The van der Waals surface area contributed by atoms with Gasteiger partial charge in [-0.2, -0.15) is 0 Å². The van der Waals surface area contributed by atoms with Gasteiger partial charge in [0.1, 0.15) is 6.61 Å². The lowest BCUT2D eigenvalue weighted by Gasteiger charge is -2.42. The number of nitrogens with zero attached hydrogens (tertiary/aromatic N) is 1. The van der Waals surface area contributed by atoms with Crippen molar-refractivity contribution in [3.8, 4) is 11.1 Å². The Labute approximate surface area is 206 Å². The lowest BCUT2D eigenvalue weighted by molar-refractivity contribution is -0.144. The maximum atomic E-state index is 13.4. The topological polar surface area (TPSA) is 95.9 Å². The molecule has 1 atom stereocenters. The number of aliphatic carboxylic acids is 1. The van der Waals surface area contributed by atoms with Gasteiger partial charge in [0.15, 0.2) is 0 Å². The van der Waals surface area contributed by atoms with Crippen molar-refractivity contribution in [3.05, 3.63) is 59.7 Å². The van der Waals surface area contributed by atoms with Gasteiger partial charge < -0.3 is 20.1 Å². The second kappa shape index (κ2) is 9.36. The van der Waals surface area contributed by atoms with E-state index in [4.69, 9.17) is 9.84 Å². The van der Waals surface area contributed by atoms with Crippen LogP contribution in [0.1, 0.15) is 57.6 Å². The van der Waals surface area contributed by atoms with Crippen LogP contribution < -0.4 is 5.32 Å². The summed E-state index contributed by atoms with van der Waals surface area (Å²) in [6, 6.07) is 16.3. The second-order valence-electron chi connectivity index (χ2n) is 10.7. The van der Waals surface area contributed by atoms with Gasteiger partial charge in [0.2, 0.25) is 5.91 Å². The quantitative estimate of drug-likeness (QED) is 0.604. The van der Waals surface area contributed by atoms with E-state index in [1.807, 2.05) is 52.0 Å². The number of carbonyl (C=O) groups excluding carboxylic acids is 2. The number of rotatable bonds is 7. The van der Waals surface area contributed by atoms with E-state index in [9.17, 15) is 14.4 Å². The summed E-state index contributed by atoms with van der Waals surface area (Å²) in [6.45, 7) is 8.41. The third-order valence-electron chi connectivity index (χ3n) is 7.89. The molecule has 1 unspecified atom stereocenters. The van der Waals surface area contributed by atoms with Crippen LogP contribution in [0.3, 0.4) is 0 Å². The lowest BCUT2D eigenvalue weighted by Crippen LogP contribution is -2.60. The first-order chi connectivity index (χ1) is 16.5. The molecule has 2 amide bonds. The first-order valence-corrected chi connectivity index (χ1v) is 12.2. The van der Waals surface area contributed by atoms with E-state index in [2.05, 4.69) is 29.6 Å². The molecule has 7 heteroatoms. The van der Waals surface area contributed by atoms with Crippen LogP contribution in [-0.4, -0.2) is 53.2 Å². The molecule has 1 fully saturated rings. The molecule has 0 spiro atoms. The van der Waals surface area contributed by atoms with Crippen LogP contribution in [0, 0.1) is 11.3 Å². The Morgan fingerprint density at radius 2 is 1.57 bits per heavy atom. The number of carboxylic acid groups (broad SMARTS) is 1. The number of hydrogen-bond acceptors (Lipinski definition) is 4. The number of fused-ring (bicyclic) bond motifs is 3. The van der Waals surface area contributed by atoms with Gasteiger partial charge in [-0.1, -0.05) is 48.5 Å². The Morgan fingerprint density at radius 1 is 1.00 bits per heavy atom. The lowest BCUT2D eigenvalue weighted by atomic mass is 9.73. The molecule has 2 N–H and O–H groups in total. The Morgan fingerprint density at radius 3 is 2.14 bits per heavy atom. The van der Waals surface area contributed by atoms with Crippen molar-refractivity contribution in [3.63, 3.8) is 0 Å². The zero-order chi connectivity index (χ0) is 25.4. The van der Waals surface area contributed by atoms with E-state index in [0.29, 0.717) is 19.5 Å². The Hall–Kier alpha value is -3.35. The van der Waals surface area contributed by atoms with Crippen LogP contribution in [0.15, 0.2) is 48.5 Å². The largest absolute Gasteiger partial charge is 0.481 e. The third-order valence-corrected chi connectivity index (χ3v) is 7.89. The maximum absolute atomic E-state index is 13.4. The smallest absolute Gasteiger partial charge is 0.407 e. The minimum atomic E-state index is -0.920. The van der Waals surface area contributed by atoms with Gasteiger partial charge in [-0.15, -0.1) is 0 Å². The summed E-state index contributed by atoms with van der Waals surface area (Å²) in [7, 11) is 0. The van der Waals surface area contributed by atoms with E-state index >= 15 is 0 Å². The summed E-state index contributed by atoms with van der Waals surface area (Å²) in [5.74, 6) is -1.03. The minimum absolute atomic E-state index is 0.0366. The average molecular weight is 479 g/mol. The zero-order valence-corrected chi connectivity index (χ0v) is 20.8. The summed E-state index contributed by atoms with van der Waals surface area (Å²) in [5.41, 5.74) is 2.79. The van der Waals surface area contributed by atoms with Crippen molar-refractivity contribution >= 4 is 18.0 Å². The Balaban J connectivity index is 1.39. The molecule has 4 rings (SSSR count). The number of nitrogens with one attached hydrogen (secondary N) is 1. The molecule has 1 aliphatic heterocycles. The summed E-state index contributed by atoms with van der Waals surface area (Å²) in [5, 5.41) is 12.0. The fourth-order valence-electron chi connectivity index (χ4n) is 5.14. The molecule has 1 aliphatic carbocycles. The van der Waals surface area contributed by atoms with Gasteiger partial charge in [-0.05, 0) is 62.3 Å². The summed E-state index contributed by atoms with van der Waals surface area (Å²) < 4.78 is 5.70.